The van der Waals surface area contributed by atoms with Gasteiger partial charge >= 0.3 is 0 Å². The van der Waals surface area contributed by atoms with Crippen LogP contribution in [0.2, 0.25) is 0 Å². The number of nitrogens with zero attached hydrogens (tertiary/aromatic N) is 1. The third-order valence-electron chi connectivity index (χ3n) is 5.90. The van der Waals surface area contributed by atoms with Gasteiger partial charge in [0.2, 0.25) is 0 Å². The van der Waals surface area contributed by atoms with Crippen LogP contribution in [0.15, 0.2) is 42.5 Å². The molecule has 1 aliphatic carbocycles. The molecular formula is C25H28N2O4. The number of Topliss-reactive ketones (excluding diaryl/α,β-unsaturated/α-hetero) is 2. The normalized spacial score (nSPS) is 18.6. The van der Waals surface area contributed by atoms with E-state index in [1.807, 2.05) is 12.1 Å². The number of benzene rings is 2. The molecule has 1 saturated carbocycles. The van der Waals surface area contributed by atoms with Crippen molar-refractivity contribution in [3.8, 4) is 5.75 Å². The van der Waals surface area contributed by atoms with Crippen LogP contribution in [0.3, 0.4) is 0 Å². The largest absolute Gasteiger partial charge is 0.489 e. The fraction of sp³-hybridized carbons (Fsp3) is 0.400. The molecule has 0 bridgehead atoms. The Hall–Kier alpha value is -2.99. The average Bonchev–Trinajstić information content (AvgIpc) is 3.08. The van der Waals surface area contributed by atoms with Gasteiger partial charge in [-0.1, -0.05) is 44.2 Å². The van der Waals surface area contributed by atoms with Crippen LogP contribution < -0.4 is 10.1 Å². The molecule has 1 aliphatic heterocycles. The Balaban J connectivity index is 1.43. The predicted molar refractivity (Wildman–Crippen MR) is 117 cm³/mol. The number of ether oxygens (including phenoxy) is 1. The zero-order valence-corrected chi connectivity index (χ0v) is 18.0. The number of ketones is 2. The van der Waals surface area contributed by atoms with Gasteiger partial charge in [0.25, 0.3) is 5.91 Å². The monoisotopic (exact) mass is 420 g/mol. The molecule has 6 heteroatoms. The van der Waals surface area contributed by atoms with E-state index >= 15 is 0 Å². The Morgan fingerprint density at radius 2 is 1.81 bits per heavy atom. The van der Waals surface area contributed by atoms with Crippen molar-refractivity contribution in [3.05, 3.63) is 64.7 Å². The van der Waals surface area contributed by atoms with Gasteiger partial charge in [-0.15, -0.1) is 0 Å². The van der Waals surface area contributed by atoms with E-state index in [0.29, 0.717) is 43.3 Å². The number of carbonyl (C=O) groups excluding carboxylic acids is 3. The molecule has 1 amide bonds. The van der Waals surface area contributed by atoms with E-state index < -0.39 is 6.04 Å². The standard InChI is InChI=1S/C25H28N2O4/c1-16(2)26-13-17-6-8-18(9-7-17)15-31-24-5-3-4-20-21(24)14-27(25(20)30)22-11-10-19(28)12-23(22)29/h3-9,16,22,26H,10-15H2,1-2H3. The van der Waals surface area contributed by atoms with Crippen molar-refractivity contribution >= 4 is 17.5 Å². The average molecular weight is 421 g/mol. The molecule has 0 saturated heterocycles. The quantitative estimate of drug-likeness (QED) is 0.695. The molecule has 4 rings (SSSR count). The van der Waals surface area contributed by atoms with Crippen molar-refractivity contribution < 1.29 is 19.1 Å². The lowest BCUT2D eigenvalue weighted by molar-refractivity contribution is -0.133. The van der Waals surface area contributed by atoms with Gasteiger partial charge in [-0.25, -0.2) is 0 Å². The number of nitrogens with one attached hydrogen (secondary N) is 1. The molecular weight excluding hydrogens is 392 g/mol. The van der Waals surface area contributed by atoms with E-state index in [1.165, 1.54) is 5.56 Å². The van der Waals surface area contributed by atoms with Gasteiger partial charge in [0.05, 0.1) is 19.0 Å². The number of fused-ring (bicyclic) bond motifs is 1. The van der Waals surface area contributed by atoms with Crippen molar-refractivity contribution in [2.45, 2.75) is 64.9 Å². The number of amides is 1. The van der Waals surface area contributed by atoms with Crippen LogP contribution in [-0.2, 0) is 29.3 Å². The van der Waals surface area contributed by atoms with Crippen LogP contribution in [0, 0.1) is 0 Å². The maximum atomic E-state index is 12.9. The molecule has 2 aromatic carbocycles. The predicted octanol–water partition coefficient (Wildman–Crippen LogP) is 3.41. The van der Waals surface area contributed by atoms with Crippen molar-refractivity contribution in [2.75, 3.05) is 0 Å². The Morgan fingerprint density at radius 3 is 2.52 bits per heavy atom. The molecule has 162 valence electrons. The van der Waals surface area contributed by atoms with Gasteiger partial charge in [-0.05, 0) is 29.7 Å². The zero-order valence-electron chi connectivity index (χ0n) is 18.0. The van der Waals surface area contributed by atoms with E-state index in [4.69, 9.17) is 4.74 Å². The topological polar surface area (TPSA) is 75.7 Å². The molecule has 1 heterocycles. The molecule has 1 atom stereocenters. The fourth-order valence-corrected chi connectivity index (χ4v) is 4.14. The zero-order chi connectivity index (χ0) is 22.0. The first-order chi connectivity index (χ1) is 14.9. The number of carbonyl (C=O) groups is 3. The molecule has 1 N–H and O–H groups in total. The summed E-state index contributed by atoms with van der Waals surface area (Å²) in [5.74, 6) is 0.306. The summed E-state index contributed by atoms with van der Waals surface area (Å²) in [6.07, 6.45) is 0.686. The summed E-state index contributed by atoms with van der Waals surface area (Å²) < 4.78 is 6.07. The highest BCUT2D eigenvalue weighted by Gasteiger charge is 2.39. The van der Waals surface area contributed by atoms with Gasteiger partial charge in [0.1, 0.15) is 18.1 Å². The van der Waals surface area contributed by atoms with E-state index in [9.17, 15) is 14.4 Å². The Labute approximate surface area is 182 Å². The van der Waals surface area contributed by atoms with Crippen LogP contribution in [0.5, 0.6) is 5.75 Å². The highest BCUT2D eigenvalue weighted by atomic mass is 16.5. The smallest absolute Gasteiger partial charge is 0.255 e. The molecule has 0 radical (unpaired) electrons. The first-order valence-electron chi connectivity index (χ1n) is 10.8. The molecule has 1 fully saturated rings. The highest BCUT2D eigenvalue weighted by molar-refractivity contribution is 6.07. The summed E-state index contributed by atoms with van der Waals surface area (Å²) in [7, 11) is 0. The molecule has 0 spiro atoms. The second-order valence-corrected chi connectivity index (χ2v) is 8.59. The summed E-state index contributed by atoms with van der Waals surface area (Å²) in [5.41, 5.74) is 3.66. The summed E-state index contributed by atoms with van der Waals surface area (Å²) in [6.45, 7) is 5.81. The van der Waals surface area contributed by atoms with E-state index in [-0.39, 0.29) is 23.9 Å². The van der Waals surface area contributed by atoms with Crippen molar-refractivity contribution in [3.63, 3.8) is 0 Å². The molecule has 0 aromatic heterocycles. The Morgan fingerprint density at radius 1 is 1.06 bits per heavy atom. The SMILES string of the molecule is CC(C)NCc1ccc(COc2cccc3c2CN(C2CCC(=O)CC2=O)C3=O)cc1. The first kappa shape index (κ1) is 21.2. The third-order valence-corrected chi connectivity index (χ3v) is 5.90. The summed E-state index contributed by atoms with van der Waals surface area (Å²) in [6, 6.07) is 13.7. The molecule has 2 aliphatic rings. The Kier molecular flexibility index (Phi) is 6.18. The number of rotatable bonds is 7. The lowest BCUT2D eigenvalue weighted by Crippen LogP contribution is -2.44. The van der Waals surface area contributed by atoms with Crippen LogP contribution in [0.25, 0.3) is 0 Å². The summed E-state index contributed by atoms with van der Waals surface area (Å²) >= 11 is 0. The number of hydrogen-bond acceptors (Lipinski definition) is 5. The fourth-order valence-electron chi connectivity index (χ4n) is 4.14. The van der Waals surface area contributed by atoms with Gasteiger partial charge in [-0.2, -0.15) is 0 Å². The van der Waals surface area contributed by atoms with E-state index in [0.717, 1.165) is 17.7 Å². The van der Waals surface area contributed by atoms with Crippen LogP contribution >= 0.6 is 0 Å². The van der Waals surface area contributed by atoms with Gasteiger partial charge in [0.15, 0.2) is 5.78 Å². The summed E-state index contributed by atoms with van der Waals surface area (Å²) in [5, 5.41) is 3.40. The maximum Gasteiger partial charge on any atom is 0.255 e. The third kappa shape index (κ3) is 4.69. The lowest BCUT2D eigenvalue weighted by Gasteiger charge is -2.29. The van der Waals surface area contributed by atoms with Crippen molar-refractivity contribution in [1.82, 2.24) is 10.2 Å². The summed E-state index contributed by atoms with van der Waals surface area (Å²) in [4.78, 5) is 38.4. The molecule has 2 aromatic rings. The van der Waals surface area contributed by atoms with Crippen molar-refractivity contribution in [1.29, 1.82) is 0 Å². The minimum atomic E-state index is -0.516. The highest BCUT2D eigenvalue weighted by Crippen LogP contribution is 2.34. The minimum absolute atomic E-state index is 0.0413. The first-order valence-corrected chi connectivity index (χ1v) is 10.8. The van der Waals surface area contributed by atoms with Gasteiger partial charge in [-0.3, -0.25) is 14.4 Å². The molecule has 1 unspecified atom stereocenters. The second kappa shape index (κ2) is 9.02. The molecule has 31 heavy (non-hydrogen) atoms. The van der Waals surface area contributed by atoms with Gasteiger partial charge < -0.3 is 15.0 Å². The van der Waals surface area contributed by atoms with Crippen molar-refractivity contribution in [2.24, 2.45) is 0 Å². The maximum absolute atomic E-state index is 12.9. The number of hydrogen-bond donors (Lipinski definition) is 1. The second-order valence-electron chi connectivity index (χ2n) is 8.59. The van der Waals surface area contributed by atoms with Crippen LogP contribution in [-0.4, -0.2) is 34.5 Å². The van der Waals surface area contributed by atoms with E-state index in [2.05, 4.69) is 43.4 Å². The van der Waals surface area contributed by atoms with Crippen LogP contribution in [0.4, 0.5) is 0 Å². The van der Waals surface area contributed by atoms with Gasteiger partial charge in [0, 0.05) is 30.1 Å². The van der Waals surface area contributed by atoms with E-state index in [1.54, 1.807) is 11.0 Å². The van der Waals surface area contributed by atoms with Crippen LogP contribution in [0.1, 0.15) is 60.2 Å². The lowest BCUT2D eigenvalue weighted by atomic mass is 9.92. The minimum Gasteiger partial charge on any atom is -0.489 e. The Bertz CT molecular complexity index is 997. The molecule has 6 nitrogen and oxygen atoms in total.